The van der Waals surface area contributed by atoms with Gasteiger partial charge >= 0.3 is 48.0 Å². The average molecular weight is 597 g/mol. The highest BCUT2D eigenvalue weighted by molar-refractivity contribution is 6.12. The highest BCUT2D eigenvalue weighted by atomic mass is 16.6. The quantitative estimate of drug-likeness (QED) is 0.163. The number of nitrogens with zero attached hydrogens (tertiary/aromatic N) is 4. The molecule has 0 saturated carbocycles. The predicted molar refractivity (Wildman–Crippen MR) is 129 cm³/mol. The van der Waals surface area contributed by atoms with Crippen molar-refractivity contribution in [1.29, 1.82) is 0 Å². The van der Waals surface area contributed by atoms with Crippen LogP contribution in [-0.2, 0) is 38.1 Å². The maximum atomic E-state index is 13.9. The van der Waals surface area contributed by atoms with Gasteiger partial charge in [0.25, 0.3) is 22.7 Å². The standard InChI is InChI=1S/C22H28N8O12/c1-5-39-11(31)19-21(13(33)41-7-3)27(15(35)23-19)9-29-17(37)25-20(12(32)40-6-2)22(29,14(34)42-8-4)30(18(38)26-20)10-28(21)16(36)24-19/h5-10H2,1-4H3,(H,23,35)(H,24,36)(H,25,37)(H,26,38). The zero-order chi connectivity index (χ0) is 30.8. The fourth-order valence-corrected chi connectivity index (χ4v) is 6.14. The third kappa shape index (κ3) is 2.95. The van der Waals surface area contributed by atoms with Crippen LogP contribution in [0.25, 0.3) is 0 Å². The van der Waals surface area contributed by atoms with Crippen LogP contribution in [0.2, 0.25) is 0 Å². The summed E-state index contributed by atoms with van der Waals surface area (Å²) >= 11 is 0. The van der Waals surface area contributed by atoms with Crippen molar-refractivity contribution >= 4 is 48.0 Å². The Bertz CT molecular complexity index is 1170. The first-order valence-electron chi connectivity index (χ1n) is 13.0. The number of amides is 8. The van der Waals surface area contributed by atoms with Crippen LogP contribution in [0.1, 0.15) is 27.7 Å². The maximum Gasteiger partial charge on any atom is 0.359 e. The number of hydrogen-bond acceptors (Lipinski definition) is 12. The molecular formula is C22H28N8O12. The third-order valence-electron chi connectivity index (χ3n) is 7.62. The van der Waals surface area contributed by atoms with Gasteiger partial charge in [-0.2, -0.15) is 0 Å². The summed E-state index contributed by atoms with van der Waals surface area (Å²) in [5, 5.41) is 9.09. The minimum Gasteiger partial charge on any atom is -0.463 e. The number of ether oxygens (including phenoxy) is 4. The molecule has 42 heavy (non-hydrogen) atoms. The molecule has 4 N–H and O–H groups in total. The van der Waals surface area contributed by atoms with Crippen molar-refractivity contribution in [3.8, 4) is 0 Å². The van der Waals surface area contributed by atoms with E-state index in [0.717, 1.165) is 0 Å². The van der Waals surface area contributed by atoms with Gasteiger partial charge in [0.05, 0.1) is 26.4 Å². The van der Waals surface area contributed by atoms with Crippen molar-refractivity contribution in [2.75, 3.05) is 39.8 Å². The number of hydrogen-bond donors (Lipinski definition) is 4. The minimum atomic E-state index is -2.73. The molecule has 20 heteroatoms. The molecule has 5 aliphatic heterocycles. The predicted octanol–water partition coefficient (Wildman–Crippen LogP) is -2.95. The largest absolute Gasteiger partial charge is 0.463 e. The molecule has 0 radical (unpaired) electrons. The zero-order valence-corrected chi connectivity index (χ0v) is 22.9. The Morgan fingerprint density at radius 1 is 0.524 bits per heavy atom. The minimum absolute atomic E-state index is 0.234. The van der Waals surface area contributed by atoms with E-state index in [1.165, 1.54) is 27.7 Å². The topological polar surface area (TPSA) is 235 Å². The lowest BCUT2D eigenvalue weighted by molar-refractivity contribution is -0.198. The van der Waals surface area contributed by atoms with Crippen molar-refractivity contribution in [3.05, 3.63) is 0 Å². The van der Waals surface area contributed by atoms with E-state index in [9.17, 15) is 38.4 Å². The van der Waals surface area contributed by atoms with Crippen LogP contribution >= 0.6 is 0 Å². The first kappa shape index (κ1) is 28.5. The summed E-state index contributed by atoms with van der Waals surface area (Å²) in [6.07, 6.45) is 0. The van der Waals surface area contributed by atoms with E-state index < -0.39 is 84.0 Å². The normalized spacial score (nSPS) is 32.1. The van der Waals surface area contributed by atoms with Crippen molar-refractivity contribution < 1.29 is 57.3 Å². The summed E-state index contributed by atoms with van der Waals surface area (Å²) in [6.45, 7) is 2.59. The summed E-state index contributed by atoms with van der Waals surface area (Å²) in [5.74, 6) is -5.15. The molecule has 228 valence electrons. The van der Waals surface area contributed by atoms with Gasteiger partial charge in [0.1, 0.15) is 13.3 Å². The first-order valence-corrected chi connectivity index (χ1v) is 13.0. The molecule has 0 aromatic carbocycles. The van der Waals surface area contributed by atoms with Gasteiger partial charge in [-0.25, -0.2) is 38.4 Å². The van der Waals surface area contributed by atoms with Crippen molar-refractivity contribution in [2.45, 2.75) is 50.3 Å². The van der Waals surface area contributed by atoms with Gasteiger partial charge < -0.3 is 40.2 Å². The molecule has 5 saturated heterocycles. The van der Waals surface area contributed by atoms with E-state index in [1.807, 2.05) is 0 Å². The molecule has 0 spiro atoms. The van der Waals surface area contributed by atoms with E-state index in [1.54, 1.807) is 0 Å². The number of urea groups is 4. The highest BCUT2D eigenvalue weighted by Gasteiger charge is 2.87. The smallest absolute Gasteiger partial charge is 0.359 e. The Morgan fingerprint density at radius 3 is 1.00 bits per heavy atom. The second kappa shape index (κ2) is 9.24. The van der Waals surface area contributed by atoms with Crippen molar-refractivity contribution in [2.24, 2.45) is 0 Å². The van der Waals surface area contributed by atoms with Crippen LogP contribution in [0, 0.1) is 0 Å². The lowest BCUT2D eigenvalue weighted by Crippen LogP contribution is -2.81. The monoisotopic (exact) mass is 596 g/mol. The van der Waals surface area contributed by atoms with Gasteiger partial charge in [-0.1, -0.05) is 0 Å². The van der Waals surface area contributed by atoms with E-state index in [2.05, 4.69) is 21.3 Å². The van der Waals surface area contributed by atoms with Crippen LogP contribution in [0.15, 0.2) is 0 Å². The SMILES string of the molecule is CCOC(=O)C12NC(=O)N3CN4C(=O)NC5(C(=O)OCC)NC(=O)N(CN(C(=O)N1)C32C(=O)OCC)C45C(=O)OCC. The molecule has 5 heterocycles. The summed E-state index contributed by atoms with van der Waals surface area (Å²) in [7, 11) is 0. The molecule has 5 fully saturated rings. The van der Waals surface area contributed by atoms with Gasteiger partial charge in [-0.15, -0.1) is 0 Å². The number of carbonyl (C=O) groups excluding carboxylic acids is 8. The summed E-state index contributed by atoms with van der Waals surface area (Å²) in [5.41, 5.74) is -10.7. The van der Waals surface area contributed by atoms with Gasteiger partial charge in [-0.3, -0.25) is 19.6 Å². The lowest BCUT2D eigenvalue weighted by atomic mass is 9.90. The Labute approximate surface area is 236 Å². The summed E-state index contributed by atoms with van der Waals surface area (Å²) < 4.78 is 20.7. The number of esters is 4. The van der Waals surface area contributed by atoms with Gasteiger partial charge in [0, 0.05) is 0 Å². The Morgan fingerprint density at radius 2 is 0.762 bits per heavy atom. The van der Waals surface area contributed by atoms with E-state index in [-0.39, 0.29) is 26.4 Å². The molecule has 0 bridgehead atoms. The van der Waals surface area contributed by atoms with Crippen LogP contribution < -0.4 is 21.3 Å². The lowest BCUT2D eigenvalue weighted by Gasteiger charge is -2.51. The van der Waals surface area contributed by atoms with Crippen LogP contribution in [0.3, 0.4) is 0 Å². The molecule has 5 rings (SSSR count). The Kier molecular flexibility index (Phi) is 6.27. The first-order chi connectivity index (χ1) is 19.9. The molecular weight excluding hydrogens is 568 g/mol. The van der Waals surface area contributed by atoms with Gasteiger partial charge in [0.2, 0.25) is 0 Å². The van der Waals surface area contributed by atoms with Gasteiger partial charge in [0.15, 0.2) is 0 Å². The molecule has 0 atom stereocenters. The van der Waals surface area contributed by atoms with E-state index in [0.29, 0.717) is 19.6 Å². The fraction of sp³-hybridized carbons (Fsp3) is 0.636. The zero-order valence-electron chi connectivity index (χ0n) is 22.9. The Balaban J connectivity index is 1.81. The summed E-state index contributed by atoms with van der Waals surface area (Å²) in [6, 6.07) is -4.70. The van der Waals surface area contributed by atoms with E-state index in [4.69, 9.17) is 18.9 Å². The summed E-state index contributed by atoms with van der Waals surface area (Å²) in [4.78, 5) is 111. The van der Waals surface area contributed by atoms with Crippen LogP contribution in [-0.4, -0.2) is 130 Å². The van der Waals surface area contributed by atoms with Crippen molar-refractivity contribution in [1.82, 2.24) is 40.9 Å². The number of carbonyl (C=O) groups is 8. The number of rotatable bonds is 8. The second-order valence-electron chi connectivity index (χ2n) is 9.44. The molecule has 0 aromatic heterocycles. The molecule has 0 aliphatic carbocycles. The number of nitrogens with one attached hydrogen (secondary N) is 4. The molecule has 0 aromatic rings. The van der Waals surface area contributed by atoms with Crippen LogP contribution in [0.4, 0.5) is 19.2 Å². The molecule has 5 aliphatic rings. The second-order valence-corrected chi connectivity index (χ2v) is 9.44. The van der Waals surface area contributed by atoms with Gasteiger partial charge in [-0.05, 0) is 27.7 Å². The average Bonchev–Trinajstić information content (AvgIpc) is 3.49. The third-order valence-corrected chi connectivity index (χ3v) is 7.62. The molecule has 0 unspecified atom stereocenters. The van der Waals surface area contributed by atoms with Crippen molar-refractivity contribution in [3.63, 3.8) is 0 Å². The van der Waals surface area contributed by atoms with E-state index >= 15 is 0 Å². The van der Waals surface area contributed by atoms with Crippen LogP contribution in [0.5, 0.6) is 0 Å². The fourth-order valence-electron chi connectivity index (χ4n) is 6.14. The highest BCUT2D eigenvalue weighted by Crippen LogP contribution is 2.50. The Hall–Kier alpha value is -5.04. The molecule has 20 nitrogen and oxygen atoms in total. The molecule has 8 amide bonds. The maximum absolute atomic E-state index is 13.9.